The molecule has 0 radical (unpaired) electrons. The second-order valence-electron chi connectivity index (χ2n) is 6.71. The SMILES string of the molecule is Cc1cccc(-c2nnc(SCC(=O)N[C@@H](C)C3CC3)n2CC(N)=O)c1. The Bertz CT molecular complexity index is 816. The minimum Gasteiger partial charge on any atom is -0.368 e. The van der Waals surface area contributed by atoms with Gasteiger partial charge in [0.2, 0.25) is 11.8 Å². The second kappa shape index (κ2) is 7.90. The molecule has 0 unspecified atom stereocenters. The number of primary amides is 1. The van der Waals surface area contributed by atoms with Gasteiger partial charge in [-0.15, -0.1) is 10.2 Å². The molecule has 1 aliphatic carbocycles. The van der Waals surface area contributed by atoms with Crippen molar-refractivity contribution in [3.8, 4) is 11.4 Å². The molecule has 2 aromatic rings. The van der Waals surface area contributed by atoms with Gasteiger partial charge in [-0.1, -0.05) is 35.5 Å². The summed E-state index contributed by atoms with van der Waals surface area (Å²) in [7, 11) is 0. The predicted molar refractivity (Wildman–Crippen MR) is 100 cm³/mol. The Morgan fingerprint density at radius 1 is 1.38 bits per heavy atom. The minimum atomic E-state index is -0.479. The van der Waals surface area contributed by atoms with Crippen LogP contribution >= 0.6 is 11.8 Å². The highest BCUT2D eigenvalue weighted by molar-refractivity contribution is 7.99. The van der Waals surface area contributed by atoms with Gasteiger partial charge in [-0.2, -0.15) is 0 Å². The van der Waals surface area contributed by atoms with Crippen molar-refractivity contribution < 1.29 is 9.59 Å². The van der Waals surface area contributed by atoms with Crippen LogP contribution in [0.5, 0.6) is 0 Å². The number of hydrogen-bond donors (Lipinski definition) is 2. The lowest BCUT2D eigenvalue weighted by Crippen LogP contribution is -2.35. The third kappa shape index (κ3) is 4.63. The van der Waals surface area contributed by atoms with E-state index in [0.29, 0.717) is 16.9 Å². The van der Waals surface area contributed by atoms with Crippen LogP contribution in [-0.2, 0) is 16.1 Å². The van der Waals surface area contributed by atoms with Crippen LogP contribution in [0, 0.1) is 12.8 Å². The molecule has 1 aromatic carbocycles. The normalized spacial score (nSPS) is 14.8. The van der Waals surface area contributed by atoms with Crippen LogP contribution in [0.4, 0.5) is 0 Å². The van der Waals surface area contributed by atoms with Crippen LogP contribution in [0.15, 0.2) is 29.4 Å². The molecular weight excluding hydrogens is 350 g/mol. The van der Waals surface area contributed by atoms with Crippen molar-refractivity contribution in [2.75, 3.05) is 5.75 Å². The smallest absolute Gasteiger partial charge is 0.237 e. The summed E-state index contributed by atoms with van der Waals surface area (Å²) in [5.74, 6) is 0.881. The largest absolute Gasteiger partial charge is 0.368 e. The molecule has 1 atom stereocenters. The van der Waals surface area contributed by atoms with Crippen molar-refractivity contribution in [1.82, 2.24) is 20.1 Å². The quantitative estimate of drug-likeness (QED) is 0.686. The first-order valence-corrected chi connectivity index (χ1v) is 9.63. The van der Waals surface area contributed by atoms with E-state index in [1.165, 1.54) is 24.6 Å². The lowest BCUT2D eigenvalue weighted by molar-refractivity contribution is -0.119. The summed E-state index contributed by atoms with van der Waals surface area (Å²) in [5, 5.41) is 11.9. The highest BCUT2D eigenvalue weighted by Gasteiger charge is 2.29. The van der Waals surface area contributed by atoms with E-state index >= 15 is 0 Å². The van der Waals surface area contributed by atoms with E-state index in [1.807, 2.05) is 38.1 Å². The maximum atomic E-state index is 12.1. The zero-order chi connectivity index (χ0) is 18.7. The van der Waals surface area contributed by atoms with Gasteiger partial charge in [0.1, 0.15) is 6.54 Å². The number of carbonyl (C=O) groups is 2. The highest BCUT2D eigenvalue weighted by Crippen LogP contribution is 2.32. The van der Waals surface area contributed by atoms with Gasteiger partial charge in [0.05, 0.1) is 5.75 Å². The summed E-state index contributed by atoms with van der Waals surface area (Å²) in [5.41, 5.74) is 7.33. The Kier molecular flexibility index (Phi) is 5.61. The van der Waals surface area contributed by atoms with E-state index in [4.69, 9.17) is 5.73 Å². The predicted octanol–water partition coefficient (Wildman–Crippen LogP) is 1.75. The van der Waals surface area contributed by atoms with Crippen LogP contribution in [0.25, 0.3) is 11.4 Å². The Labute approximate surface area is 156 Å². The summed E-state index contributed by atoms with van der Waals surface area (Å²) >= 11 is 1.26. The van der Waals surface area contributed by atoms with Gasteiger partial charge in [-0.05, 0) is 38.7 Å². The zero-order valence-electron chi connectivity index (χ0n) is 14.9. The second-order valence-corrected chi connectivity index (χ2v) is 7.65. The molecular formula is C18H23N5O2S. The Morgan fingerprint density at radius 2 is 2.15 bits per heavy atom. The Morgan fingerprint density at radius 3 is 2.81 bits per heavy atom. The molecule has 0 saturated heterocycles. The summed E-state index contributed by atoms with van der Waals surface area (Å²) in [6, 6.07) is 7.99. The maximum absolute atomic E-state index is 12.1. The summed E-state index contributed by atoms with van der Waals surface area (Å²) in [6.45, 7) is 3.99. The van der Waals surface area contributed by atoms with E-state index in [-0.39, 0.29) is 24.2 Å². The van der Waals surface area contributed by atoms with Gasteiger partial charge in [0, 0.05) is 11.6 Å². The van der Waals surface area contributed by atoms with Crippen LogP contribution in [0.2, 0.25) is 0 Å². The number of rotatable bonds is 8. The van der Waals surface area contributed by atoms with E-state index in [0.717, 1.165) is 11.1 Å². The molecule has 3 rings (SSSR count). The van der Waals surface area contributed by atoms with Gasteiger partial charge >= 0.3 is 0 Å². The monoisotopic (exact) mass is 373 g/mol. The Balaban J connectivity index is 1.74. The first-order chi connectivity index (χ1) is 12.4. The number of amides is 2. The fourth-order valence-corrected chi connectivity index (χ4v) is 3.58. The number of nitrogens with two attached hydrogens (primary N) is 1. The van der Waals surface area contributed by atoms with E-state index in [9.17, 15) is 9.59 Å². The van der Waals surface area contributed by atoms with Crippen LogP contribution in [0.1, 0.15) is 25.3 Å². The molecule has 0 aliphatic heterocycles. The first-order valence-electron chi connectivity index (χ1n) is 8.64. The van der Waals surface area contributed by atoms with Gasteiger partial charge in [-0.25, -0.2) is 0 Å². The molecule has 2 amide bonds. The lowest BCUT2D eigenvalue weighted by Gasteiger charge is -2.12. The number of hydrogen-bond acceptors (Lipinski definition) is 5. The number of aryl methyl sites for hydroxylation is 1. The molecule has 0 bridgehead atoms. The molecule has 1 saturated carbocycles. The van der Waals surface area contributed by atoms with E-state index < -0.39 is 5.91 Å². The summed E-state index contributed by atoms with van der Waals surface area (Å²) < 4.78 is 1.67. The molecule has 1 aromatic heterocycles. The number of nitrogens with zero attached hydrogens (tertiary/aromatic N) is 3. The zero-order valence-corrected chi connectivity index (χ0v) is 15.8. The number of thioether (sulfide) groups is 1. The average Bonchev–Trinajstić information content (AvgIpc) is 3.35. The fraction of sp³-hybridized carbons (Fsp3) is 0.444. The number of nitrogens with one attached hydrogen (secondary N) is 1. The van der Waals surface area contributed by atoms with Crippen molar-refractivity contribution >= 4 is 23.6 Å². The van der Waals surface area contributed by atoms with Gasteiger partial charge in [-0.3, -0.25) is 14.2 Å². The van der Waals surface area contributed by atoms with Crippen molar-refractivity contribution in [3.63, 3.8) is 0 Å². The molecule has 1 heterocycles. The van der Waals surface area contributed by atoms with Crippen molar-refractivity contribution in [2.45, 2.75) is 44.4 Å². The topological polar surface area (TPSA) is 103 Å². The molecule has 3 N–H and O–H groups in total. The van der Waals surface area contributed by atoms with Crippen LogP contribution in [-0.4, -0.2) is 38.4 Å². The average molecular weight is 373 g/mol. The molecule has 1 fully saturated rings. The van der Waals surface area contributed by atoms with Gasteiger partial charge in [0.25, 0.3) is 0 Å². The standard InChI is InChI=1S/C18H23N5O2S/c1-11-4-3-5-14(8-11)17-21-22-18(23(17)9-15(19)24)26-10-16(25)20-12(2)13-6-7-13/h3-5,8,12-13H,6-7,9-10H2,1-2H3,(H2,19,24)(H,20,25)/t12-/m0/s1. The van der Waals surface area contributed by atoms with E-state index in [1.54, 1.807) is 4.57 Å². The molecule has 138 valence electrons. The molecule has 8 heteroatoms. The number of benzene rings is 1. The van der Waals surface area contributed by atoms with Crippen LogP contribution in [0.3, 0.4) is 0 Å². The van der Waals surface area contributed by atoms with E-state index in [2.05, 4.69) is 15.5 Å². The van der Waals surface area contributed by atoms with Crippen LogP contribution < -0.4 is 11.1 Å². The molecule has 1 aliphatic rings. The number of aromatic nitrogens is 3. The van der Waals surface area contributed by atoms with Gasteiger partial charge in [0.15, 0.2) is 11.0 Å². The molecule has 26 heavy (non-hydrogen) atoms. The highest BCUT2D eigenvalue weighted by atomic mass is 32.2. The Hall–Kier alpha value is -2.35. The maximum Gasteiger partial charge on any atom is 0.237 e. The fourth-order valence-electron chi connectivity index (χ4n) is 2.83. The first kappa shape index (κ1) is 18.4. The molecule has 7 nitrogen and oxygen atoms in total. The third-order valence-electron chi connectivity index (χ3n) is 4.36. The third-order valence-corrected chi connectivity index (χ3v) is 5.32. The van der Waals surface area contributed by atoms with Crippen molar-refractivity contribution in [1.29, 1.82) is 0 Å². The van der Waals surface area contributed by atoms with Crippen molar-refractivity contribution in [3.05, 3.63) is 29.8 Å². The summed E-state index contributed by atoms with van der Waals surface area (Å²) in [6.07, 6.45) is 2.36. The molecule has 0 spiro atoms. The number of carbonyl (C=O) groups excluding carboxylic acids is 2. The summed E-state index contributed by atoms with van der Waals surface area (Å²) in [4.78, 5) is 23.6. The van der Waals surface area contributed by atoms with Gasteiger partial charge < -0.3 is 11.1 Å². The lowest BCUT2D eigenvalue weighted by atomic mass is 10.1. The minimum absolute atomic E-state index is 0.0291. The van der Waals surface area contributed by atoms with Crippen molar-refractivity contribution in [2.24, 2.45) is 11.7 Å².